The molecule has 0 aromatic heterocycles. The van der Waals surface area contributed by atoms with Gasteiger partial charge in [0.15, 0.2) is 0 Å². The molecule has 3 N–H and O–H groups in total. The van der Waals surface area contributed by atoms with Crippen LogP contribution in [0.1, 0.15) is 45.6 Å². The summed E-state index contributed by atoms with van der Waals surface area (Å²) in [6.07, 6.45) is 1.68. The SMILES string of the molecule is CC(C)(C)OC(=O)N1[C@@H]2CC[C@@H](C2)[C@H]1C(=O)NC(C#N)Cc1ccc(-c2cccc(S(N)(=O)=O)c2)cc1F. The molecule has 9 nitrogen and oxygen atoms in total. The van der Waals surface area contributed by atoms with Gasteiger partial charge in [-0.25, -0.2) is 22.7 Å². The van der Waals surface area contributed by atoms with Gasteiger partial charge in [0.25, 0.3) is 0 Å². The van der Waals surface area contributed by atoms with E-state index in [1.807, 2.05) is 6.07 Å². The number of fused-ring (bicyclic) bond motifs is 2. The third kappa shape index (κ3) is 5.97. The molecule has 4 atom stereocenters. The molecule has 38 heavy (non-hydrogen) atoms. The minimum absolute atomic E-state index is 0.0176. The number of halogens is 1. The maximum atomic E-state index is 15.0. The Balaban J connectivity index is 1.47. The van der Waals surface area contributed by atoms with Crippen LogP contribution in [0.25, 0.3) is 11.1 Å². The zero-order valence-corrected chi connectivity index (χ0v) is 22.3. The molecule has 1 aliphatic heterocycles. The molecule has 202 valence electrons. The predicted octanol–water partition coefficient (Wildman–Crippen LogP) is 3.48. The largest absolute Gasteiger partial charge is 0.444 e. The van der Waals surface area contributed by atoms with E-state index in [4.69, 9.17) is 9.88 Å². The average Bonchev–Trinajstić information content (AvgIpc) is 3.45. The van der Waals surface area contributed by atoms with Crippen molar-refractivity contribution in [3.05, 3.63) is 53.8 Å². The highest BCUT2D eigenvalue weighted by atomic mass is 32.2. The zero-order valence-electron chi connectivity index (χ0n) is 21.5. The topological polar surface area (TPSA) is 143 Å². The fourth-order valence-electron chi connectivity index (χ4n) is 5.25. The molecule has 1 unspecified atom stereocenters. The quantitative estimate of drug-likeness (QED) is 0.572. The van der Waals surface area contributed by atoms with Crippen LogP contribution in [0.15, 0.2) is 47.4 Å². The summed E-state index contributed by atoms with van der Waals surface area (Å²) in [6, 6.07) is 10.4. The Morgan fingerprint density at radius 1 is 1.21 bits per heavy atom. The van der Waals surface area contributed by atoms with Crippen molar-refractivity contribution in [3.63, 3.8) is 0 Å². The van der Waals surface area contributed by atoms with Gasteiger partial charge in [0.05, 0.1) is 11.0 Å². The standard InChI is InChI=1S/C27H31FN4O5S/c1-27(2,3)37-26(34)32-21-10-9-19(12-21)24(32)25(33)31-20(15-29)11-18-8-7-17(14-23(18)28)16-5-4-6-22(13-16)38(30,35)36/h4-8,13-14,19-21,24H,9-12H2,1-3H3,(H,31,33)(H2,30,35,36)/t19-,20?,21+,24-/m0/s1. The van der Waals surface area contributed by atoms with Crippen LogP contribution >= 0.6 is 0 Å². The van der Waals surface area contributed by atoms with Crippen molar-refractivity contribution in [3.8, 4) is 17.2 Å². The minimum Gasteiger partial charge on any atom is -0.444 e. The van der Waals surface area contributed by atoms with Crippen LogP contribution in [0.2, 0.25) is 0 Å². The highest BCUT2D eigenvalue weighted by molar-refractivity contribution is 7.89. The molecule has 1 saturated carbocycles. The summed E-state index contributed by atoms with van der Waals surface area (Å²) in [6.45, 7) is 5.28. The molecule has 2 aromatic carbocycles. The third-order valence-corrected chi connectivity index (χ3v) is 7.81. The van der Waals surface area contributed by atoms with Crippen LogP contribution in [-0.2, 0) is 26.0 Å². The summed E-state index contributed by atoms with van der Waals surface area (Å²) in [4.78, 5) is 27.5. The van der Waals surface area contributed by atoms with Gasteiger partial charge in [0.1, 0.15) is 23.5 Å². The first-order chi connectivity index (χ1) is 17.8. The number of nitrogens with two attached hydrogens (primary N) is 1. The molecule has 0 radical (unpaired) electrons. The lowest BCUT2D eigenvalue weighted by Gasteiger charge is -2.35. The number of likely N-dealkylation sites (tertiary alicyclic amines) is 1. The van der Waals surface area contributed by atoms with Crippen molar-refractivity contribution in [1.29, 1.82) is 5.26 Å². The molecule has 0 spiro atoms. The lowest BCUT2D eigenvalue weighted by molar-refractivity contribution is -0.128. The Kier molecular flexibility index (Phi) is 7.50. The van der Waals surface area contributed by atoms with Crippen molar-refractivity contribution in [2.75, 3.05) is 0 Å². The third-order valence-electron chi connectivity index (χ3n) is 6.90. The van der Waals surface area contributed by atoms with E-state index in [1.54, 1.807) is 32.9 Å². The van der Waals surface area contributed by atoms with Gasteiger partial charge in [-0.1, -0.05) is 24.3 Å². The van der Waals surface area contributed by atoms with E-state index in [-0.39, 0.29) is 28.8 Å². The van der Waals surface area contributed by atoms with Crippen LogP contribution in [0.4, 0.5) is 9.18 Å². The Labute approximate surface area is 221 Å². The number of sulfonamides is 1. The smallest absolute Gasteiger partial charge is 0.411 e. The molecule has 1 aliphatic carbocycles. The Morgan fingerprint density at radius 3 is 2.55 bits per heavy atom. The van der Waals surface area contributed by atoms with Crippen LogP contribution in [0.3, 0.4) is 0 Å². The molecule has 2 fully saturated rings. The number of amides is 2. The van der Waals surface area contributed by atoms with Gasteiger partial charge in [-0.2, -0.15) is 5.26 Å². The summed E-state index contributed by atoms with van der Waals surface area (Å²) >= 11 is 0. The van der Waals surface area contributed by atoms with Gasteiger partial charge in [-0.05, 0) is 80.8 Å². The molecule has 2 amide bonds. The van der Waals surface area contributed by atoms with Gasteiger partial charge >= 0.3 is 6.09 Å². The van der Waals surface area contributed by atoms with E-state index in [0.29, 0.717) is 17.5 Å². The maximum Gasteiger partial charge on any atom is 0.411 e. The monoisotopic (exact) mass is 542 g/mol. The number of carbonyl (C=O) groups excluding carboxylic acids is 2. The van der Waals surface area contributed by atoms with Crippen molar-refractivity contribution in [2.24, 2.45) is 11.1 Å². The van der Waals surface area contributed by atoms with Gasteiger partial charge in [0, 0.05) is 12.5 Å². The number of benzene rings is 2. The summed E-state index contributed by atoms with van der Waals surface area (Å²) in [5.41, 5.74) is 0.397. The number of nitrogens with one attached hydrogen (secondary N) is 1. The van der Waals surface area contributed by atoms with E-state index >= 15 is 4.39 Å². The summed E-state index contributed by atoms with van der Waals surface area (Å²) < 4.78 is 43.8. The summed E-state index contributed by atoms with van der Waals surface area (Å²) in [5, 5.41) is 17.6. The Hall–Kier alpha value is -3.49. The molecule has 2 aromatic rings. The second-order valence-corrected chi connectivity index (χ2v) is 12.4. The van der Waals surface area contributed by atoms with Gasteiger partial charge < -0.3 is 10.1 Å². The number of piperidine rings is 1. The normalized spacial score (nSPS) is 21.6. The van der Waals surface area contributed by atoms with Crippen molar-refractivity contribution in [1.82, 2.24) is 10.2 Å². The maximum absolute atomic E-state index is 15.0. The number of nitriles is 1. The van der Waals surface area contributed by atoms with E-state index in [0.717, 1.165) is 12.8 Å². The molecule has 4 rings (SSSR count). The number of hydrogen-bond acceptors (Lipinski definition) is 6. The first-order valence-corrected chi connectivity index (χ1v) is 13.9. The highest BCUT2D eigenvalue weighted by Crippen LogP contribution is 2.43. The number of nitrogens with zero attached hydrogens (tertiary/aromatic N) is 2. The van der Waals surface area contributed by atoms with E-state index in [2.05, 4.69) is 5.32 Å². The van der Waals surface area contributed by atoms with Crippen LogP contribution in [0.5, 0.6) is 0 Å². The average molecular weight is 543 g/mol. The Morgan fingerprint density at radius 2 is 1.92 bits per heavy atom. The second-order valence-electron chi connectivity index (χ2n) is 10.8. The van der Waals surface area contributed by atoms with E-state index < -0.39 is 45.5 Å². The molecular weight excluding hydrogens is 511 g/mol. The summed E-state index contributed by atoms with van der Waals surface area (Å²) in [5.74, 6) is -1.07. The Bertz CT molecular complexity index is 1400. The number of hydrogen-bond donors (Lipinski definition) is 2. The van der Waals surface area contributed by atoms with Crippen LogP contribution in [-0.4, -0.2) is 49.0 Å². The second kappa shape index (κ2) is 10.3. The minimum atomic E-state index is -3.91. The first-order valence-electron chi connectivity index (χ1n) is 12.4. The van der Waals surface area contributed by atoms with Crippen molar-refractivity contribution in [2.45, 2.75) is 75.1 Å². The molecule has 2 aliphatic rings. The molecular formula is C27H31FN4O5S. The van der Waals surface area contributed by atoms with Crippen LogP contribution < -0.4 is 10.5 Å². The lowest BCUT2D eigenvalue weighted by Crippen LogP contribution is -2.55. The lowest BCUT2D eigenvalue weighted by atomic mass is 9.97. The predicted molar refractivity (Wildman–Crippen MR) is 137 cm³/mol. The highest BCUT2D eigenvalue weighted by Gasteiger charge is 2.52. The number of primary sulfonamides is 1. The molecule has 1 heterocycles. The fourth-order valence-corrected chi connectivity index (χ4v) is 5.81. The van der Waals surface area contributed by atoms with Crippen molar-refractivity contribution < 1.29 is 27.1 Å². The fraction of sp³-hybridized carbons (Fsp3) is 0.444. The molecule has 1 saturated heterocycles. The van der Waals surface area contributed by atoms with E-state index in [9.17, 15) is 23.3 Å². The molecule has 11 heteroatoms. The molecule has 2 bridgehead atoms. The van der Waals surface area contributed by atoms with Crippen molar-refractivity contribution >= 4 is 22.0 Å². The first kappa shape index (κ1) is 27.5. The summed E-state index contributed by atoms with van der Waals surface area (Å²) in [7, 11) is -3.91. The zero-order chi connectivity index (χ0) is 27.8. The van der Waals surface area contributed by atoms with Gasteiger partial charge in [-0.15, -0.1) is 0 Å². The number of carbonyl (C=O) groups is 2. The van der Waals surface area contributed by atoms with Gasteiger partial charge in [-0.3, -0.25) is 9.69 Å². The number of ether oxygens (including phenoxy) is 1. The number of rotatable bonds is 6. The van der Waals surface area contributed by atoms with E-state index in [1.165, 1.54) is 35.2 Å². The van der Waals surface area contributed by atoms with Crippen LogP contribution in [0, 0.1) is 23.1 Å². The van der Waals surface area contributed by atoms with Gasteiger partial charge in [0.2, 0.25) is 15.9 Å².